The largest absolute Gasteiger partial charge is 0.507 e. The number of aromatic nitrogens is 1. The molecule has 0 bridgehead atoms. The van der Waals surface area contributed by atoms with Crippen molar-refractivity contribution in [1.82, 2.24) is 9.99 Å². The number of ether oxygens (including phenoxy) is 1. The summed E-state index contributed by atoms with van der Waals surface area (Å²) in [5.74, 6) is -1.62. The number of thioether (sulfide) groups is 1. The number of hydrogen-bond donors (Lipinski definition) is 1. The summed E-state index contributed by atoms with van der Waals surface area (Å²) in [6.07, 6.45) is 1.31. The van der Waals surface area contributed by atoms with Crippen LogP contribution in [0.3, 0.4) is 0 Å². The standard InChI is InChI=1S/C21H15F2N3O3S/c1-29-17-10-13(22)7-8-15(17)21-26(20(28)14-4-2-3-5-16(14)27)25-19(30-21)12-6-9-18(23)24-11-12/h2-11,21,27H,1H3. The summed E-state index contributed by atoms with van der Waals surface area (Å²) >= 11 is 1.20. The summed E-state index contributed by atoms with van der Waals surface area (Å²) in [6.45, 7) is 0. The monoisotopic (exact) mass is 427 g/mol. The van der Waals surface area contributed by atoms with Crippen LogP contribution in [0.15, 0.2) is 65.9 Å². The van der Waals surface area contributed by atoms with Gasteiger partial charge in [0.1, 0.15) is 27.7 Å². The lowest BCUT2D eigenvalue weighted by Gasteiger charge is -2.23. The van der Waals surface area contributed by atoms with Gasteiger partial charge in [-0.05, 0) is 36.4 Å². The van der Waals surface area contributed by atoms with Crippen molar-refractivity contribution in [2.75, 3.05) is 7.11 Å². The van der Waals surface area contributed by atoms with Crippen LogP contribution in [0.1, 0.15) is 26.9 Å². The van der Waals surface area contributed by atoms with Crippen LogP contribution in [0.25, 0.3) is 0 Å². The predicted octanol–water partition coefficient (Wildman–Crippen LogP) is 4.32. The highest BCUT2D eigenvalue weighted by molar-refractivity contribution is 8.14. The van der Waals surface area contributed by atoms with Gasteiger partial charge in [-0.25, -0.2) is 14.4 Å². The topological polar surface area (TPSA) is 75.0 Å². The Morgan fingerprint density at radius 1 is 1.17 bits per heavy atom. The Bertz CT molecular complexity index is 1140. The maximum Gasteiger partial charge on any atom is 0.279 e. The molecule has 30 heavy (non-hydrogen) atoms. The summed E-state index contributed by atoms with van der Waals surface area (Å²) in [6, 6.07) is 12.8. The molecule has 1 aliphatic rings. The van der Waals surface area contributed by atoms with Gasteiger partial charge >= 0.3 is 0 Å². The molecule has 4 rings (SSSR count). The predicted molar refractivity (Wildman–Crippen MR) is 108 cm³/mol. The smallest absolute Gasteiger partial charge is 0.279 e. The first-order valence-corrected chi connectivity index (χ1v) is 9.68. The Labute approximate surface area is 174 Å². The van der Waals surface area contributed by atoms with Gasteiger partial charge in [-0.15, -0.1) is 0 Å². The van der Waals surface area contributed by atoms with Crippen molar-refractivity contribution in [3.8, 4) is 11.5 Å². The Kier molecular flexibility index (Phi) is 5.37. The fourth-order valence-corrected chi connectivity index (χ4v) is 4.14. The molecule has 0 saturated heterocycles. The molecule has 0 spiro atoms. The quantitative estimate of drug-likeness (QED) is 0.628. The lowest BCUT2D eigenvalue weighted by molar-refractivity contribution is 0.0745. The van der Waals surface area contributed by atoms with Crippen molar-refractivity contribution in [1.29, 1.82) is 0 Å². The van der Waals surface area contributed by atoms with Crippen LogP contribution in [0, 0.1) is 11.8 Å². The number of hydrogen-bond acceptors (Lipinski definition) is 6. The van der Waals surface area contributed by atoms with E-state index in [-0.39, 0.29) is 17.1 Å². The summed E-state index contributed by atoms with van der Waals surface area (Å²) in [7, 11) is 1.40. The van der Waals surface area contributed by atoms with E-state index in [0.717, 1.165) is 0 Å². The number of hydrazone groups is 1. The average molecular weight is 427 g/mol. The van der Waals surface area contributed by atoms with Crippen LogP contribution in [0.5, 0.6) is 11.5 Å². The van der Waals surface area contributed by atoms with Crippen molar-refractivity contribution in [2.24, 2.45) is 5.10 Å². The zero-order chi connectivity index (χ0) is 21.3. The number of carbonyl (C=O) groups excluding carboxylic acids is 1. The highest BCUT2D eigenvalue weighted by Gasteiger charge is 2.37. The average Bonchev–Trinajstić information content (AvgIpc) is 3.19. The van der Waals surface area contributed by atoms with Gasteiger partial charge in [0.25, 0.3) is 5.91 Å². The van der Waals surface area contributed by atoms with Crippen LogP contribution in [0.4, 0.5) is 8.78 Å². The minimum absolute atomic E-state index is 0.0615. The maximum atomic E-state index is 13.7. The molecule has 2 aromatic carbocycles. The first kappa shape index (κ1) is 19.8. The molecule has 2 heterocycles. The minimum atomic E-state index is -0.701. The molecule has 1 aliphatic heterocycles. The number of pyridine rings is 1. The van der Waals surface area contributed by atoms with Gasteiger partial charge in [-0.3, -0.25) is 4.79 Å². The van der Waals surface area contributed by atoms with E-state index in [9.17, 15) is 18.7 Å². The van der Waals surface area contributed by atoms with E-state index in [1.165, 1.54) is 72.5 Å². The minimum Gasteiger partial charge on any atom is -0.507 e. The normalized spacial score (nSPS) is 15.8. The molecule has 0 saturated carbocycles. The summed E-state index contributed by atoms with van der Waals surface area (Å²) in [5.41, 5.74) is 1.09. The number of nitrogens with zero attached hydrogens (tertiary/aromatic N) is 3. The molecule has 0 radical (unpaired) electrons. The molecule has 152 valence electrons. The summed E-state index contributed by atoms with van der Waals surface area (Å²) < 4.78 is 32.2. The van der Waals surface area contributed by atoms with Gasteiger partial charge in [0, 0.05) is 23.4 Å². The van der Waals surface area contributed by atoms with Crippen LogP contribution < -0.4 is 4.74 Å². The van der Waals surface area contributed by atoms with Gasteiger partial charge in [0.05, 0.1) is 12.7 Å². The van der Waals surface area contributed by atoms with E-state index in [1.54, 1.807) is 12.1 Å². The number of phenols is 1. The number of benzene rings is 2. The van der Waals surface area contributed by atoms with Crippen LogP contribution in [-0.2, 0) is 0 Å². The Morgan fingerprint density at radius 2 is 1.97 bits per heavy atom. The maximum absolute atomic E-state index is 13.7. The second kappa shape index (κ2) is 8.11. The van der Waals surface area contributed by atoms with E-state index in [1.807, 2.05) is 0 Å². The molecule has 1 unspecified atom stereocenters. The van der Waals surface area contributed by atoms with Crippen molar-refractivity contribution in [2.45, 2.75) is 5.37 Å². The number of amides is 1. The number of rotatable bonds is 4. The van der Waals surface area contributed by atoms with Crippen LogP contribution in [0.2, 0.25) is 0 Å². The van der Waals surface area contributed by atoms with E-state index >= 15 is 0 Å². The Morgan fingerprint density at radius 3 is 2.67 bits per heavy atom. The summed E-state index contributed by atoms with van der Waals surface area (Å²) in [4.78, 5) is 16.8. The molecular weight excluding hydrogens is 412 g/mol. The molecule has 1 amide bonds. The fourth-order valence-electron chi connectivity index (χ4n) is 2.97. The number of methoxy groups -OCH3 is 1. The van der Waals surface area contributed by atoms with Gasteiger partial charge in [0.15, 0.2) is 0 Å². The molecule has 9 heteroatoms. The molecule has 3 aromatic rings. The molecule has 1 aromatic heterocycles. The number of aromatic hydroxyl groups is 1. The van der Waals surface area contributed by atoms with Crippen molar-refractivity contribution in [3.63, 3.8) is 0 Å². The number of para-hydroxylation sites is 1. The van der Waals surface area contributed by atoms with Crippen molar-refractivity contribution < 1.29 is 23.4 Å². The molecule has 6 nitrogen and oxygen atoms in total. The first-order valence-electron chi connectivity index (χ1n) is 8.80. The third-order valence-corrected chi connectivity index (χ3v) is 5.64. The molecule has 0 fully saturated rings. The van der Waals surface area contributed by atoms with E-state index in [0.29, 0.717) is 16.2 Å². The Hall–Kier alpha value is -3.46. The fraction of sp³-hybridized carbons (Fsp3) is 0.0952. The highest BCUT2D eigenvalue weighted by atomic mass is 32.2. The molecule has 0 aliphatic carbocycles. The van der Waals surface area contributed by atoms with E-state index < -0.39 is 23.0 Å². The van der Waals surface area contributed by atoms with E-state index in [2.05, 4.69) is 10.1 Å². The second-order valence-electron chi connectivity index (χ2n) is 6.30. The number of carbonyl (C=O) groups is 1. The SMILES string of the molecule is COc1cc(F)ccc1C1SC(c2ccc(F)nc2)=NN1C(=O)c1ccccc1O. The first-order chi connectivity index (χ1) is 14.5. The van der Waals surface area contributed by atoms with Crippen molar-refractivity contribution in [3.05, 3.63) is 89.2 Å². The lowest BCUT2D eigenvalue weighted by Crippen LogP contribution is -2.26. The molecule has 1 N–H and O–H groups in total. The number of phenolic OH excluding ortho intramolecular Hbond substituents is 1. The molecular formula is C21H15F2N3O3S. The third-order valence-electron chi connectivity index (χ3n) is 4.42. The Balaban J connectivity index is 1.79. The van der Waals surface area contributed by atoms with Crippen LogP contribution >= 0.6 is 11.8 Å². The highest BCUT2D eigenvalue weighted by Crippen LogP contribution is 2.45. The lowest BCUT2D eigenvalue weighted by atomic mass is 10.1. The summed E-state index contributed by atoms with van der Waals surface area (Å²) in [5, 5.41) is 15.4. The van der Waals surface area contributed by atoms with Gasteiger partial charge < -0.3 is 9.84 Å². The number of halogens is 2. The third kappa shape index (κ3) is 3.71. The van der Waals surface area contributed by atoms with E-state index in [4.69, 9.17) is 4.74 Å². The molecule has 1 atom stereocenters. The van der Waals surface area contributed by atoms with Crippen molar-refractivity contribution >= 4 is 22.7 Å². The van der Waals surface area contributed by atoms with Crippen LogP contribution in [-0.4, -0.2) is 33.2 Å². The van der Waals surface area contributed by atoms with Gasteiger partial charge in [0.2, 0.25) is 5.95 Å². The zero-order valence-electron chi connectivity index (χ0n) is 15.6. The van der Waals surface area contributed by atoms with Gasteiger partial charge in [-0.2, -0.15) is 9.49 Å². The van der Waals surface area contributed by atoms with Gasteiger partial charge in [-0.1, -0.05) is 23.9 Å². The zero-order valence-corrected chi connectivity index (χ0v) is 16.4. The second-order valence-corrected chi connectivity index (χ2v) is 7.37.